The molecule has 0 radical (unpaired) electrons. The second kappa shape index (κ2) is 10.3. The molecule has 1 aromatic rings. The lowest BCUT2D eigenvalue weighted by atomic mass is 10.1. The van der Waals surface area contributed by atoms with Gasteiger partial charge in [-0.3, -0.25) is 4.79 Å². The van der Waals surface area contributed by atoms with Gasteiger partial charge in [0.05, 0.1) is 6.54 Å². The number of rotatable bonds is 9. The van der Waals surface area contributed by atoms with Gasteiger partial charge in [0, 0.05) is 31.3 Å². The van der Waals surface area contributed by atoms with Crippen LogP contribution in [0.15, 0.2) is 23.2 Å². The number of hydrogen-bond donors (Lipinski definition) is 3. The zero-order chi connectivity index (χ0) is 18.1. The molecule has 7 heteroatoms. The van der Waals surface area contributed by atoms with Gasteiger partial charge in [-0.15, -0.1) is 0 Å². The summed E-state index contributed by atoms with van der Waals surface area (Å²) in [4.78, 5) is 16.2. The Labute approximate surface area is 153 Å². The third-order valence-corrected chi connectivity index (χ3v) is 4.48. The molecule has 25 heavy (non-hydrogen) atoms. The molecule has 0 unspecified atom stereocenters. The van der Waals surface area contributed by atoms with Crippen molar-refractivity contribution in [3.63, 3.8) is 0 Å². The summed E-state index contributed by atoms with van der Waals surface area (Å²) in [5.74, 6) is 1.63. The van der Waals surface area contributed by atoms with Gasteiger partial charge in [-0.2, -0.15) is 11.8 Å². The zero-order valence-corrected chi connectivity index (χ0v) is 15.7. The largest absolute Gasteiger partial charge is 0.357 e. The van der Waals surface area contributed by atoms with Gasteiger partial charge in [-0.25, -0.2) is 9.38 Å². The first kappa shape index (κ1) is 19.6. The summed E-state index contributed by atoms with van der Waals surface area (Å²) in [6.07, 6.45) is 4.03. The van der Waals surface area contributed by atoms with Crippen molar-refractivity contribution < 1.29 is 9.18 Å². The van der Waals surface area contributed by atoms with Gasteiger partial charge in [0.25, 0.3) is 0 Å². The minimum Gasteiger partial charge on any atom is -0.357 e. The molecule has 1 aliphatic carbocycles. The fourth-order valence-electron chi connectivity index (χ4n) is 2.40. The number of benzene rings is 1. The van der Waals surface area contributed by atoms with Crippen molar-refractivity contribution in [2.45, 2.75) is 32.1 Å². The van der Waals surface area contributed by atoms with Crippen LogP contribution in [0.25, 0.3) is 0 Å². The topological polar surface area (TPSA) is 65.5 Å². The Morgan fingerprint density at radius 3 is 2.68 bits per heavy atom. The van der Waals surface area contributed by atoms with E-state index in [2.05, 4.69) is 20.9 Å². The fourth-order valence-corrected chi connectivity index (χ4v) is 2.98. The van der Waals surface area contributed by atoms with Crippen LogP contribution >= 0.6 is 11.8 Å². The third-order valence-electron chi connectivity index (χ3n) is 3.88. The Balaban J connectivity index is 1.86. The van der Waals surface area contributed by atoms with Gasteiger partial charge >= 0.3 is 0 Å². The second-order valence-electron chi connectivity index (χ2n) is 6.03. The van der Waals surface area contributed by atoms with Gasteiger partial charge in [0.15, 0.2) is 5.96 Å². The van der Waals surface area contributed by atoms with Gasteiger partial charge in [0.2, 0.25) is 5.91 Å². The van der Waals surface area contributed by atoms with Crippen molar-refractivity contribution >= 4 is 23.6 Å². The molecule has 1 aliphatic rings. The molecule has 1 saturated carbocycles. The first-order valence-electron chi connectivity index (χ1n) is 8.70. The highest BCUT2D eigenvalue weighted by Crippen LogP contribution is 2.28. The van der Waals surface area contributed by atoms with Crippen molar-refractivity contribution in [2.75, 3.05) is 25.9 Å². The van der Waals surface area contributed by atoms with E-state index in [-0.39, 0.29) is 17.6 Å². The van der Waals surface area contributed by atoms with E-state index in [1.54, 1.807) is 23.9 Å². The van der Waals surface area contributed by atoms with E-state index in [4.69, 9.17) is 0 Å². The van der Waals surface area contributed by atoms with Crippen LogP contribution in [0, 0.1) is 11.7 Å². The minimum atomic E-state index is -0.215. The molecule has 0 aliphatic heterocycles. The van der Waals surface area contributed by atoms with Crippen molar-refractivity contribution in [1.82, 2.24) is 16.0 Å². The van der Waals surface area contributed by atoms with Crippen molar-refractivity contribution in [3.8, 4) is 0 Å². The lowest BCUT2D eigenvalue weighted by Crippen LogP contribution is -2.41. The summed E-state index contributed by atoms with van der Waals surface area (Å²) in [5, 5.41) is 9.32. The summed E-state index contributed by atoms with van der Waals surface area (Å²) in [5.41, 5.74) is 2.00. The Morgan fingerprint density at radius 1 is 1.24 bits per heavy atom. The maximum absolute atomic E-state index is 13.4. The van der Waals surface area contributed by atoms with Crippen LogP contribution in [-0.2, 0) is 17.1 Å². The fraction of sp³-hybridized carbons (Fsp3) is 0.556. The molecule has 1 aromatic carbocycles. The predicted octanol–water partition coefficient (Wildman–Crippen LogP) is 2.27. The molecule has 1 fully saturated rings. The van der Waals surface area contributed by atoms with E-state index >= 15 is 0 Å². The standard InChI is InChI=1S/C18H27FN4OS/c1-3-20-18(22-9-8-21-17(24)13-4-5-13)23-11-14-6-7-16(19)10-15(14)12-25-2/h6-7,10,13H,3-5,8-9,11-12H2,1-2H3,(H,21,24)(H2,20,22,23). The molecular weight excluding hydrogens is 339 g/mol. The van der Waals surface area contributed by atoms with Gasteiger partial charge < -0.3 is 16.0 Å². The number of nitrogens with one attached hydrogen (secondary N) is 3. The maximum Gasteiger partial charge on any atom is 0.223 e. The van der Waals surface area contributed by atoms with Crippen LogP contribution in [0.1, 0.15) is 30.9 Å². The quantitative estimate of drug-likeness (QED) is 0.356. The van der Waals surface area contributed by atoms with Crippen molar-refractivity contribution in [2.24, 2.45) is 10.9 Å². The number of nitrogens with zero attached hydrogens (tertiary/aromatic N) is 1. The highest BCUT2D eigenvalue weighted by Gasteiger charge is 2.28. The van der Waals surface area contributed by atoms with E-state index in [1.165, 1.54) is 6.07 Å². The van der Waals surface area contributed by atoms with E-state index in [1.807, 2.05) is 13.2 Å². The molecule has 2 rings (SSSR count). The highest BCUT2D eigenvalue weighted by molar-refractivity contribution is 7.97. The molecule has 0 aromatic heterocycles. The second-order valence-corrected chi connectivity index (χ2v) is 6.90. The van der Waals surface area contributed by atoms with Gasteiger partial charge in [-0.05, 0) is 49.3 Å². The first-order chi connectivity index (χ1) is 12.1. The average Bonchev–Trinajstić information content (AvgIpc) is 3.43. The number of carbonyl (C=O) groups excluding carboxylic acids is 1. The maximum atomic E-state index is 13.4. The van der Waals surface area contributed by atoms with Crippen molar-refractivity contribution in [1.29, 1.82) is 0 Å². The number of hydrogen-bond acceptors (Lipinski definition) is 3. The summed E-state index contributed by atoms with van der Waals surface area (Å²) in [7, 11) is 0. The van der Waals surface area contributed by atoms with E-state index in [0.29, 0.717) is 25.6 Å². The summed E-state index contributed by atoms with van der Waals surface area (Å²) < 4.78 is 13.4. The zero-order valence-electron chi connectivity index (χ0n) is 14.9. The van der Waals surface area contributed by atoms with E-state index in [0.717, 1.165) is 36.3 Å². The Kier molecular flexibility index (Phi) is 8.04. The molecule has 0 saturated heterocycles. The minimum absolute atomic E-state index is 0.150. The monoisotopic (exact) mass is 366 g/mol. The number of thioether (sulfide) groups is 1. The van der Waals surface area contributed by atoms with Crippen LogP contribution < -0.4 is 16.0 Å². The number of amides is 1. The molecule has 0 spiro atoms. The van der Waals surface area contributed by atoms with Crippen LogP contribution in [0.3, 0.4) is 0 Å². The predicted molar refractivity (Wildman–Crippen MR) is 102 cm³/mol. The molecular formula is C18H27FN4OS. The molecule has 3 N–H and O–H groups in total. The normalized spacial score (nSPS) is 14.3. The van der Waals surface area contributed by atoms with Crippen LogP contribution in [0.4, 0.5) is 4.39 Å². The van der Waals surface area contributed by atoms with Crippen LogP contribution in [0.5, 0.6) is 0 Å². The van der Waals surface area contributed by atoms with E-state index < -0.39 is 0 Å². The average molecular weight is 367 g/mol. The third kappa shape index (κ3) is 6.94. The smallest absolute Gasteiger partial charge is 0.223 e. The molecule has 1 amide bonds. The van der Waals surface area contributed by atoms with Gasteiger partial charge in [-0.1, -0.05) is 6.07 Å². The van der Waals surface area contributed by atoms with E-state index in [9.17, 15) is 9.18 Å². The van der Waals surface area contributed by atoms with Crippen molar-refractivity contribution in [3.05, 3.63) is 35.1 Å². The molecule has 0 atom stereocenters. The summed E-state index contributed by atoms with van der Waals surface area (Å²) in [6.45, 7) is 4.43. The SMILES string of the molecule is CCNC(=NCc1ccc(F)cc1CSC)NCCNC(=O)C1CC1. The number of aliphatic imine (C=N–C) groups is 1. The number of halogens is 1. The number of guanidine groups is 1. The summed E-state index contributed by atoms with van der Waals surface area (Å²) in [6, 6.07) is 4.85. The molecule has 0 heterocycles. The van der Waals surface area contributed by atoms with Crippen LogP contribution in [-0.4, -0.2) is 37.8 Å². The lowest BCUT2D eigenvalue weighted by Gasteiger charge is -2.13. The van der Waals surface area contributed by atoms with Gasteiger partial charge in [0.1, 0.15) is 5.82 Å². The Morgan fingerprint density at radius 2 is 2.00 bits per heavy atom. The highest BCUT2D eigenvalue weighted by atomic mass is 32.2. The molecule has 138 valence electrons. The molecule has 0 bridgehead atoms. The first-order valence-corrected chi connectivity index (χ1v) is 10.1. The Hall–Kier alpha value is -1.76. The Bertz CT molecular complexity index is 605. The van der Waals surface area contributed by atoms with Crippen LogP contribution in [0.2, 0.25) is 0 Å². The number of carbonyl (C=O) groups is 1. The lowest BCUT2D eigenvalue weighted by molar-refractivity contribution is -0.122. The summed E-state index contributed by atoms with van der Waals surface area (Å²) >= 11 is 1.66. The molecule has 5 nitrogen and oxygen atoms in total.